The van der Waals surface area contributed by atoms with Gasteiger partial charge in [-0.2, -0.15) is 5.26 Å². The summed E-state index contributed by atoms with van der Waals surface area (Å²) in [7, 11) is 1.68. The maximum atomic E-state index is 9.23. The third kappa shape index (κ3) is 3.88. The lowest BCUT2D eigenvalue weighted by Gasteiger charge is -2.37. The molecule has 1 aliphatic heterocycles. The van der Waals surface area contributed by atoms with Crippen molar-refractivity contribution in [3.63, 3.8) is 0 Å². The molecule has 1 atom stereocenters. The number of hydrogen-bond acceptors (Lipinski definition) is 3. The van der Waals surface area contributed by atoms with E-state index in [4.69, 9.17) is 4.74 Å². The topological polar surface area (TPSA) is 52.0 Å². The zero-order valence-electron chi connectivity index (χ0n) is 15.3. The Bertz CT molecular complexity index is 803. The first kappa shape index (κ1) is 17.2. The normalized spacial score (nSPS) is 16.4. The second kappa shape index (κ2) is 6.68. The standard InChI is InChI=1S/C21H25N3O/c1-21(2,3)12-19-20-16(11-17(13-22)23-20)9-10-24(19)14-15-5-7-18(25-4)8-6-15/h5-11,19,23H,12,14H2,1-4H3. The van der Waals surface area contributed by atoms with Crippen molar-refractivity contribution in [2.75, 3.05) is 7.11 Å². The Morgan fingerprint density at radius 1 is 1.24 bits per heavy atom. The summed E-state index contributed by atoms with van der Waals surface area (Å²) in [5.74, 6) is 0.870. The van der Waals surface area contributed by atoms with Crippen LogP contribution >= 0.6 is 0 Å². The molecule has 0 spiro atoms. The molecule has 0 bridgehead atoms. The maximum Gasteiger partial charge on any atom is 0.118 e. The van der Waals surface area contributed by atoms with Gasteiger partial charge >= 0.3 is 0 Å². The lowest BCUT2D eigenvalue weighted by atomic mass is 9.84. The van der Waals surface area contributed by atoms with E-state index in [2.05, 4.69) is 61.1 Å². The highest BCUT2D eigenvalue weighted by Crippen LogP contribution is 2.39. The number of nitriles is 1. The summed E-state index contributed by atoms with van der Waals surface area (Å²) in [5.41, 5.74) is 4.31. The third-order valence-electron chi connectivity index (χ3n) is 4.51. The van der Waals surface area contributed by atoms with Gasteiger partial charge in [0.05, 0.1) is 13.2 Å². The molecule has 4 heteroatoms. The van der Waals surface area contributed by atoms with Crippen LogP contribution in [-0.4, -0.2) is 17.0 Å². The van der Waals surface area contributed by atoms with E-state index < -0.39 is 0 Å². The summed E-state index contributed by atoms with van der Waals surface area (Å²) >= 11 is 0. The van der Waals surface area contributed by atoms with E-state index >= 15 is 0 Å². The van der Waals surface area contributed by atoms with Gasteiger partial charge in [0.1, 0.15) is 17.5 Å². The predicted octanol–water partition coefficient (Wildman–Crippen LogP) is 4.86. The van der Waals surface area contributed by atoms with Crippen LogP contribution in [0.4, 0.5) is 0 Å². The van der Waals surface area contributed by atoms with Crippen molar-refractivity contribution in [3.8, 4) is 11.8 Å². The van der Waals surface area contributed by atoms with Crippen molar-refractivity contribution in [2.24, 2.45) is 5.41 Å². The highest BCUT2D eigenvalue weighted by Gasteiger charge is 2.29. The van der Waals surface area contributed by atoms with Crippen molar-refractivity contribution < 1.29 is 4.74 Å². The smallest absolute Gasteiger partial charge is 0.118 e. The fourth-order valence-electron chi connectivity index (χ4n) is 3.31. The van der Waals surface area contributed by atoms with Crippen LogP contribution < -0.4 is 4.74 Å². The van der Waals surface area contributed by atoms with E-state index in [1.165, 1.54) is 5.56 Å². The van der Waals surface area contributed by atoms with Crippen molar-refractivity contribution in [1.29, 1.82) is 5.26 Å². The van der Waals surface area contributed by atoms with Gasteiger partial charge in [-0.1, -0.05) is 32.9 Å². The van der Waals surface area contributed by atoms with Crippen molar-refractivity contribution in [1.82, 2.24) is 9.88 Å². The lowest BCUT2D eigenvalue weighted by molar-refractivity contribution is 0.191. The lowest BCUT2D eigenvalue weighted by Crippen LogP contribution is -2.29. The van der Waals surface area contributed by atoms with E-state index in [-0.39, 0.29) is 11.5 Å². The molecular formula is C21H25N3O. The van der Waals surface area contributed by atoms with Gasteiger partial charge < -0.3 is 14.6 Å². The maximum absolute atomic E-state index is 9.23. The Hall–Kier alpha value is -2.67. The zero-order chi connectivity index (χ0) is 18.0. The molecule has 1 N–H and O–H groups in total. The van der Waals surface area contributed by atoms with Crippen molar-refractivity contribution >= 4 is 6.08 Å². The van der Waals surface area contributed by atoms with Gasteiger partial charge in [0.15, 0.2) is 0 Å². The second-order valence-corrected chi connectivity index (χ2v) is 7.78. The molecule has 1 aromatic heterocycles. The van der Waals surface area contributed by atoms with Gasteiger partial charge in [0.25, 0.3) is 0 Å². The van der Waals surface area contributed by atoms with Crippen LogP contribution in [0.5, 0.6) is 5.75 Å². The molecular weight excluding hydrogens is 310 g/mol. The van der Waals surface area contributed by atoms with Gasteiger partial charge in [-0.15, -0.1) is 0 Å². The number of hydrogen-bond donors (Lipinski definition) is 1. The molecule has 0 saturated heterocycles. The summed E-state index contributed by atoms with van der Waals surface area (Å²) in [6.07, 6.45) is 5.25. The average molecular weight is 335 g/mol. The highest BCUT2D eigenvalue weighted by atomic mass is 16.5. The summed E-state index contributed by atoms with van der Waals surface area (Å²) < 4.78 is 5.24. The van der Waals surface area contributed by atoms with Gasteiger partial charge in [-0.05, 0) is 41.7 Å². The number of aromatic amines is 1. The molecule has 1 aromatic carbocycles. The highest BCUT2D eigenvalue weighted by molar-refractivity contribution is 5.58. The average Bonchev–Trinajstić information content (AvgIpc) is 3.00. The zero-order valence-corrected chi connectivity index (χ0v) is 15.3. The number of H-pyrrole nitrogens is 1. The number of nitrogens with one attached hydrogen (secondary N) is 1. The van der Waals surface area contributed by atoms with E-state index in [9.17, 15) is 5.26 Å². The van der Waals surface area contributed by atoms with Gasteiger partial charge in [0.2, 0.25) is 0 Å². The van der Waals surface area contributed by atoms with E-state index in [0.29, 0.717) is 5.69 Å². The second-order valence-electron chi connectivity index (χ2n) is 7.78. The van der Waals surface area contributed by atoms with Crippen LogP contribution in [0.15, 0.2) is 36.5 Å². The molecule has 0 saturated carbocycles. The predicted molar refractivity (Wildman–Crippen MR) is 99.9 cm³/mol. The van der Waals surface area contributed by atoms with Gasteiger partial charge in [0, 0.05) is 24.0 Å². The summed E-state index contributed by atoms with van der Waals surface area (Å²) in [5, 5.41) is 9.23. The minimum Gasteiger partial charge on any atom is -0.497 e. The largest absolute Gasteiger partial charge is 0.497 e. The Morgan fingerprint density at radius 2 is 1.96 bits per heavy atom. The van der Waals surface area contributed by atoms with Crippen LogP contribution in [0.1, 0.15) is 55.7 Å². The van der Waals surface area contributed by atoms with E-state index in [1.807, 2.05) is 18.2 Å². The Kier molecular flexibility index (Phi) is 4.59. The van der Waals surface area contributed by atoms with E-state index in [1.54, 1.807) is 7.11 Å². The number of aromatic nitrogens is 1. The number of fused-ring (bicyclic) bond motifs is 1. The first-order valence-corrected chi connectivity index (χ1v) is 8.59. The van der Waals surface area contributed by atoms with Crippen LogP contribution in [0.3, 0.4) is 0 Å². The minimum atomic E-state index is 0.184. The number of benzene rings is 1. The number of ether oxygens (including phenoxy) is 1. The number of rotatable bonds is 4. The van der Waals surface area contributed by atoms with E-state index in [0.717, 1.165) is 30.0 Å². The fraction of sp³-hybridized carbons (Fsp3) is 0.381. The van der Waals surface area contributed by atoms with Gasteiger partial charge in [-0.25, -0.2) is 0 Å². The van der Waals surface area contributed by atoms with Crippen LogP contribution in [0, 0.1) is 16.7 Å². The molecule has 1 unspecified atom stereocenters. The van der Waals surface area contributed by atoms with Gasteiger partial charge in [-0.3, -0.25) is 0 Å². The molecule has 4 nitrogen and oxygen atoms in total. The molecule has 25 heavy (non-hydrogen) atoms. The molecule has 0 aliphatic carbocycles. The minimum absolute atomic E-state index is 0.184. The molecule has 3 rings (SSSR count). The number of methoxy groups -OCH3 is 1. The molecule has 0 amide bonds. The number of nitrogens with zero attached hydrogens (tertiary/aromatic N) is 2. The first-order valence-electron chi connectivity index (χ1n) is 8.59. The fourth-order valence-corrected chi connectivity index (χ4v) is 3.31. The molecule has 1 aliphatic rings. The van der Waals surface area contributed by atoms with Crippen molar-refractivity contribution in [3.05, 3.63) is 59.0 Å². The molecule has 2 heterocycles. The van der Waals surface area contributed by atoms with Crippen LogP contribution in [-0.2, 0) is 6.54 Å². The molecule has 0 radical (unpaired) electrons. The molecule has 0 fully saturated rings. The third-order valence-corrected chi connectivity index (χ3v) is 4.51. The Morgan fingerprint density at radius 3 is 2.56 bits per heavy atom. The quantitative estimate of drug-likeness (QED) is 0.868. The first-order chi connectivity index (χ1) is 11.9. The monoisotopic (exact) mass is 335 g/mol. The van der Waals surface area contributed by atoms with Crippen molar-refractivity contribution in [2.45, 2.75) is 39.8 Å². The Balaban J connectivity index is 1.89. The summed E-state index contributed by atoms with van der Waals surface area (Å²) in [4.78, 5) is 5.67. The SMILES string of the molecule is COc1ccc(CN2C=Cc3cc(C#N)[nH]c3C2CC(C)(C)C)cc1. The van der Waals surface area contributed by atoms with Crippen LogP contribution in [0.2, 0.25) is 0 Å². The summed E-state index contributed by atoms with van der Waals surface area (Å²) in [6, 6.07) is 12.6. The summed E-state index contributed by atoms with van der Waals surface area (Å²) in [6.45, 7) is 7.59. The molecule has 130 valence electrons. The Labute approximate surface area is 149 Å². The van der Waals surface area contributed by atoms with Crippen LogP contribution in [0.25, 0.3) is 6.08 Å². The molecule has 2 aromatic rings.